The van der Waals surface area contributed by atoms with Crippen LogP contribution in [0.15, 0.2) is 18.5 Å². The minimum absolute atomic E-state index is 0.173. The third-order valence-electron chi connectivity index (χ3n) is 3.78. The van der Waals surface area contributed by atoms with Crippen molar-refractivity contribution < 1.29 is 9.53 Å². The van der Waals surface area contributed by atoms with Gasteiger partial charge in [0.1, 0.15) is 5.75 Å². The molecule has 1 heterocycles. The minimum atomic E-state index is 0.173. The van der Waals surface area contributed by atoms with E-state index >= 15 is 0 Å². The summed E-state index contributed by atoms with van der Waals surface area (Å²) in [5, 5.41) is 0. The summed E-state index contributed by atoms with van der Waals surface area (Å²) in [4.78, 5) is 16.6. The lowest BCUT2D eigenvalue weighted by Gasteiger charge is -2.25. The molecule has 0 bridgehead atoms. The third kappa shape index (κ3) is 3.79. The highest BCUT2D eigenvalue weighted by molar-refractivity contribution is 5.97. The first-order valence-electron chi connectivity index (χ1n) is 7.32. The summed E-state index contributed by atoms with van der Waals surface area (Å²) in [5.74, 6) is 1.78. The summed E-state index contributed by atoms with van der Waals surface area (Å²) < 4.78 is 5.54. The Labute approximate surface area is 115 Å². The van der Waals surface area contributed by atoms with Gasteiger partial charge in [0, 0.05) is 17.7 Å². The van der Waals surface area contributed by atoms with Crippen LogP contribution in [0, 0.1) is 11.8 Å². The van der Waals surface area contributed by atoms with E-state index in [0.29, 0.717) is 23.8 Å². The zero-order valence-electron chi connectivity index (χ0n) is 11.9. The van der Waals surface area contributed by atoms with E-state index in [2.05, 4.69) is 18.8 Å². The van der Waals surface area contributed by atoms with E-state index in [1.165, 1.54) is 6.42 Å². The van der Waals surface area contributed by atoms with Gasteiger partial charge >= 0.3 is 0 Å². The third-order valence-corrected chi connectivity index (χ3v) is 3.78. The highest BCUT2D eigenvalue weighted by Gasteiger charge is 2.26. The number of aromatic nitrogens is 1. The Morgan fingerprint density at radius 3 is 3.00 bits per heavy atom. The largest absolute Gasteiger partial charge is 0.492 e. The van der Waals surface area contributed by atoms with Crippen LogP contribution in [0.5, 0.6) is 5.75 Å². The molecule has 1 aliphatic carbocycles. The van der Waals surface area contributed by atoms with Crippen LogP contribution in [-0.4, -0.2) is 17.4 Å². The Hall–Kier alpha value is -1.38. The van der Waals surface area contributed by atoms with Crippen molar-refractivity contribution in [2.24, 2.45) is 11.8 Å². The molecule has 0 spiro atoms. The Kier molecular flexibility index (Phi) is 4.94. The molecule has 0 radical (unpaired) electrons. The highest BCUT2D eigenvalue weighted by Crippen LogP contribution is 2.31. The minimum Gasteiger partial charge on any atom is -0.492 e. The van der Waals surface area contributed by atoms with Gasteiger partial charge in [0.05, 0.1) is 12.8 Å². The van der Waals surface area contributed by atoms with E-state index in [9.17, 15) is 4.79 Å². The Bertz CT molecular complexity index is 431. The lowest BCUT2D eigenvalue weighted by Crippen LogP contribution is -2.22. The fourth-order valence-corrected chi connectivity index (χ4v) is 2.76. The standard InChI is InChI=1S/C16H23NO2/c1-3-7-19-15-9-14(10-17-11-15)16(18)13-6-4-5-12(2)8-13/h9-13H,3-8H2,1-2H3. The molecule has 0 saturated heterocycles. The summed E-state index contributed by atoms with van der Waals surface area (Å²) in [5.41, 5.74) is 0.702. The number of hydrogen-bond acceptors (Lipinski definition) is 3. The number of ether oxygens (including phenoxy) is 1. The molecule has 1 aliphatic rings. The first-order chi connectivity index (χ1) is 9.20. The van der Waals surface area contributed by atoms with Crippen molar-refractivity contribution in [2.75, 3.05) is 6.61 Å². The van der Waals surface area contributed by atoms with E-state index in [1.807, 2.05) is 6.07 Å². The smallest absolute Gasteiger partial charge is 0.167 e. The van der Waals surface area contributed by atoms with Crippen molar-refractivity contribution in [3.8, 4) is 5.75 Å². The van der Waals surface area contributed by atoms with Crippen molar-refractivity contribution in [3.63, 3.8) is 0 Å². The molecule has 0 aliphatic heterocycles. The van der Waals surface area contributed by atoms with Gasteiger partial charge in [-0.05, 0) is 31.2 Å². The Morgan fingerprint density at radius 2 is 2.26 bits per heavy atom. The second-order valence-electron chi connectivity index (χ2n) is 5.59. The van der Waals surface area contributed by atoms with Gasteiger partial charge in [0.2, 0.25) is 0 Å². The molecule has 1 saturated carbocycles. The van der Waals surface area contributed by atoms with Crippen LogP contribution >= 0.6 is 0 Å². The van der Waals surface area contributed by atoms with Crippen LogP contribution in [0.3, 0.4) is 0 Å². The molecule has 3 nitrogen and oxygen atoms in total. The van der Waals surface area contributed by atoms with E-state index < -0.39 is 0 Å². The van der Waals surface area contributed by atoms with E-state index in [-0.39, 0.29) is 11.7 Å². The van der Waals surface area contributed by atoms with Gasteiger partial charge in [-0.25, -0.2) is 0 Å². The lowest BCUT2D eigenvalue weighted by atomic mass is 9.79. The first-order valence-corrected chi connectivity index (χ1v) is 7.32. The summed E-state index contributed by atoms with van der Waals surface area (Å²) in [6.45, 7) is 4.96. The maximum absolute atomic E-state index is 12.5. The van der Waals surface area contributed by atoms with Crippen LogP contribution in [-0.2, 0) is 0 Å². The molecule has 0 amide bonds. The van der Waals surface area contributed by atoms with Gasteiger partial charge in [-0.2, -0.15) is 0 Å². The molecule has 0 N–H and O–H groups in total. The van der Waals surface area contributed by atoms with Crippen LogP contribution in [0.25, 0.3) is 0 Å². The van der Waals surface area contributed by atoms with E-state index in [0.717, 1.165) is 25.7 Å². The molecule has 0 aromatic carbocycles. The van der Waals surface area contributed by atoms with Gasteiger partial charge < -0.3 is 4.74 Å². The molecular formula is C16H23NO2. The van der Waals surface area contributed by atoms with E-state index in [4.69, 9.17) is 4.74 Å². The summed E-state index contributed by atoms with van der Waals surface area (Å²) in [6, 6.07) is 1.84. The summed E-state index contributed by atoms with van der Waals surface area (Å²) >= 11 is 0. The van der Waals surface area contributed by atoms with Gasteiger partial charge in [-0.1, -0.05) is 26.7 Å². The molecule has 1 aromatic heterocycles. The second-order valence-corrected chi connectivity index (χ2v) is 5.59. The molecule has 2 rings (SSSR count). The predicted molar refractivity (Wildman–Crippen MR) is 75.5 cm³/mol. The lowest BCUT2D eigenvalue weighted by molar-refractivity contribution is 0.0867. The number of rotatable bonds is 5. The topological polar surface area (TPSA) is 39.2 Å². The Balaban J connectivity index is 2.05. The van der Waals surface area contributed by atoms with Crippen LogP contribution in [0.4, 0.5) is 0 Å². The number of ketones is 1. The summed E-state index contributed by atoms with van der Waals surface area (Å²) in [7, 11) is 0. The van der Waals surface area contributed by atoms with E-state index in [1.54, 1.807) is 12.4 Å². The molecule has 1 aromatic rings. The summed E-state index contributed by atoms with van der Waals surface area (Å²) in [6.07, 6.45) is 8.75. The van der Waals surface area contributed by atoms with Crippen LogP contribution in [0.1, 0.15) is 56.3 Å². The monoisotopic (exact) mass is 261 g/mol. The fourth-order valence-electron chi connectivity index (χ4n) is 2.76. The Morgan fingerprint density at radius 1 is 1.42 bits per heavy atom. The molecule has 1 fully saturated rings. The van der Waals surface area contributed by atoms with Crippen LogP contribution < -0.4 is 4.74 Å². The van der Waals surface area contributed by atoms with Crippen molar-refractivity contribution in [1.29, 1.82) is 0 Å². The molecular weight excluding hydrogens is 238 g/mol. The highest BCUT2D eigenvalue weighted by atomic mass is 16.5. The zero-order valence-corrected chi connectivity index (χ0v) is 11.9. The van der Waals surface area contributed by atoms with Crippen molar-refractivity contribution in [3.05, 3.63) is 24.0 Å². The molecule has 2 atom stereocenters. The SMILES string of the molecule is CCCOc1cncc(C(=O)C2CCCC(C)C2)c1. The number of carbonyl (C=O) groups excluding carboxylic acids is 1. The van der Waals surface area contributed by atoms with Crippen molar-refractivity contribution in [1.82, 2.24) is 4.98 Å². The average molecular weight is 261 g/mol. The number of Topliss-reactive ketones (excluding diaryl/α,β-unsaturated/α-hetero) is 1. The van der Waals surface area contributed by atoms with Crippen LogP contribution in [0.2, 0.25) is 0 Å². The number of hydrogen-bond donors (Lipinski definition) is 0. The number of carbonyl (C=O) groups is 1. The predicted octanol–water partition coefficient (Wildman–Crippen LogP) is 3.88. The van der Waals surface area contributed by atoms with Gasteiger partial charge in [-0.15, -0.1) is 0 Å². The molecule has 3 heteroatoms. The first kappa shape index (κ1) is 14.0. The second kappa shape index (κ2) is 6.69. The zero-order chi connectivity index (χ0) is 13.7. The molecule has 2 unspecified atom stereocenters. The van der Waals surface area contributed by atoms with Gasteiger partial charge in [0.25, 0.3) is 0 Å². The fraction of sp³-hybridized carbons (Fsp3) is 0.625. The normalized spacial score (nSPS) is 23.1. The maximum Gasteiger partial charge on any atom is 0.167 e. The average Bonchev–Trinajstić information content (AvgIpc) is 2.44. The van der Waals surface area contributed by atoms with Gasteiger partial charge in [-0.3, -0.25) is 9.78 Å². The van der Waals surface area contributed by atoms with Gasteiger partial charge in [0.15, 0.2) is 5.78 Å². The van der Waals surface area contributed by atoms with Crippen molar-refractivity contribution in [2.45, 2.75) is 46.0 Å². The molecule has 104 valence electrons. The maximum atomic E-state index is 12.5. The number of pyridine rings is 1. The molecule has 19 heavy (non-hydrogen) atoms. The van der Waals surface area contributed by atoms with Crippen molar-refractivity contribution >= 4 is 5.78 Å². The number of nitrogens with zero attached hydrogens (tertiary/aromatic N) is 1. The quantitative estimate of drug-likeness (QED) is 0.755.